The number of hydrogen-bond acceptors (Lipinski definition) is 4. The first-order valence-corrected chi connectivity index (χ1v) is 8.73. The molecule has 2 heterocycles. The lowest BCUT2D eigenvalue weighted by molar-refractivity contribution is 0.217. The lowest BCUT2D eigenvalue weighted by Crippen LogP contribution is -2.25. The Bertz CT molecular complexity index is 891. The van der Waals surface area contributed by atoms with Crippen molar-refractivity contribution in [3.63, 3.8) is 0 Å². The van der Waals surface area contributed by atoms with Crippen molar-refractivity contribution in [2.45, 2.75) is 20.0 Å². The Balaban J connectivity index is 1.56. The van der Waals surface area contributed by atoms with Gasteiger partial charge in [-0.05, 0) is 25.1 Å². The molecule has 0 unspecified atom stereocenters. The van der Waals surface area contributed by atoms with E-state index in [1.165, 1.54) is 5.56 Å². The smallest absolute Gasteiger partial charge is 0.228 e. The Morgan fingerprint density at radius 2 is 1.92 bits per heavy atom. The highest BCUT2D eigenvalue weighted by Gasteiger charge is 2.19. The maximum atomic E-state index is 6.26. The quantitative estimate of drug-likeness (QED) is 0.683. The number of hydrogen-bond donors (Lipinski definition) is 0. The number of para-hydroxylation sites is 1. The van der Waals surface area contributed by atoms with Gasteiger partial charge in [0.05, 0.1) is 16.3 Å². The molecule has 1 aliphatic rings. The monoisotopic (exact) mass is 354 g/mol. The molecular formula is C20H19ClN2O2. The second-order valence-corrected chi connectivity index (χ2v) is 6.58. The van der Waals surface area contributed by atoms with E-state index in [1.807, 2.05) is 49.4 Å². The first kappa shape index (κ1) is 16.2. The highest BCUT2D eigenvalue weighted by molar-refractivity contribution is 6.33. The standard InChI is InChI=1S/C20H19ClN2O2/c1-14-18(22-20(25-14)16-7-3-4-8-17(16)21)13-23-10-11-24-19-9-5-2-6-15(19)12-23/h2-9H,10-13H2,1H3. The number of fused-ring (bicyclic) bond motifs is 1. The van der Waals surface area contributed by atoms with Gasteiger partial charge in [-0.1, -0.05) is 41.9 Å². The zero-order chi connectivity index (χ0) is 17.2. The second kappa shape index (κ2) is 6.90. The maximum Gasteiger partial charge on any atom is 0.228 e. The van der Waals surface area contributed by atoms with Gasteiger partial charge in [0.2, 0.25) is 5.89 Å². The number of halogens is 1. The van der Waals surface area contributed by atoms with Crippen LogP contribution in [0.15, 0.2) is 52.9 Å². The minimum absolute atomic E-state index is 0.574. The van der Waals surface area contributed by atoms with Crippen LogP contribution < -0.4 is 4.74 Å². The van der Waals surface area contributed by atoms with Gasteiger partial charge in [0, 0.05) is 25.2 Å². The number of aryl methyl sites for hydroxylation is 1. The lowest BCUT2D eigenvalue weighted by atomic mass is 10.2. The van der Waals surface area contributed by atoms with Crippen LogP contribution in [-0.4, -0.2) is 23.0 Å². The van der Waals surface area contributed by atoms with Crippen molar-refractivity contribution < 1.29 is 9.15 Å². The predicted octanol–water partition coefficient (Wildman–Crippen LogP) is 4.70. The third kappa shape index (κ3) is 3.41. The van der Waals surface area contributed by atoms with E-state index in [0.717, 1.165) is 42.4 Å². The van der Waals surface area contributed by atoms with Crippen LogP contribution in [0.4, 0.5) is 0 Å². The van der Waals surface area contributed by atoms with Crippen LogP contribution >= 0.6 is 11.6 Å². The van der Waals surface area contributed by atoms with Gasteiger partial charge in [-0.2, -0.15) is 0 Å². The number of aromatic nitrogens is 1. The summed E-state index contributed by atoms with van der Waals surface area (Å²) in [5.41, 5.74) is 2.96. The van der Waals surface area contributed by atoms with E-state index in [4.69, 9.17) is 20.8 Å². The third-order valence-electron chi connectivity index (χ3n) is 4.40. The fourth-order valence-corrected chi connectivity index (χ4v) is 3.27. The van der Waals surface area contributed by atoms with Crippen molar-refractivity contribution in [2.75, 3.05) is 13.2 Å². The molecular weight excluding hydrogens is 336 g/mol. The van der Waals surface area contributed by atoms with E-state index >= 15 is 0 Å². The van der Waals surface area contributed by atoms with Gasteiger partial charge >= 0.3 is 0 Å². The second-order valence-electron chi connectivity index (χ2n) is 6.17. The highest BCUT2D eigenvalue weighted by Crippen LogP contribution is 2.29. The molecule has 1 aromatic heterocycles. The normalized spacial score (nSPS) is 14.6. The average molecular weight is 355 g/mol. The van der Waals surface area contributed by atoms with Crippen molar-refractivity contribution in [1.82, 2.24) is 9.88 Å². The summed E-state index contributed by atoms with van der Waals surface area (Å²) in [6, 6.07) is 15.8. The molecule has 0 spiro atoms. The van der Waals surface area contributed by atoms with Crippen molar-refractivity contribution in [1.29, 1.82) is 0 Å². The van der Waals surface area contributed by atoms with E-state index in [1.54, 1.807) is 0 Å². The van der Waals surface area contributed by atoms with Crippen LogP contribution in [0.25, 0.3) is 11.5 Å². The van der Waals surface area contributed by atoms with Gasteiger partial charge in [-0.15, -0.1) is 0 Å². The number of rotatable bonds is 3. The molecule has 0 radical (unpaired) electrons. The van der Waals surface area contributed by atoms with Crippen molar-refractivity contribution in [3.8, 4) is 17.2 Å². The third-order valence-corrected chi connectivity index (χ3v) is 4.73. The molecule has 128 valence electrons. The Labute approximate surface area is 152 Å². The van der Waals surface area contributed by atoms with Crippen molar-refractivity contribution in [3.05, 3.63) is 70.6 Å². The van der Waals surface area contributed by atoms with E-state index < -0.39 is 0 Å². The van der Waals surface area contributed by atoms with E-state index in [0.29, 0.717) is 17.5 Å². The van der Waals surface area contributed by atoms with E-state index in [2.05, 4.69) is 16.0 Å². The molecule has 4 rings (SSSR count). The van der Waals surface area contributed by atoms with Crippen molar-refractivity contribution >= 4 is 11.6 Å². The molecule has 25 heavy (non-hydrogen) atoms. The number of benzene rings is 2. The fraction of sp³-hybridized carbons (Fsp3) is 0.250. The minimum Gasteiger partial charge on any atom is -0.492 e. The van der Waals surface area contributed by atoms with Gasteiger partial charge in [-0.3, -0.25) is 4.90 Å². The molecule has 5 heteroatoms. The van der Waals surface area contributed by atoms with Crippen LogP contribution in [0, 0.1) is 6.92 Å². The molecule has 0 bridgehead atoms. The highest BCUT2D eigenvalue weighted by atomic mass is 35.5. The summed E-state index contributed by atoms with van der Waals surface area (Å²) in [6.07, 6.45) is 0. The number of ether oxygens (including phenoxy) is 1. The SMILES string of the molecule is Cc1oc(-c2ccccc2Cl)nc1CN1CCOc2ccccc2C1. The summed E-state index contributed by atoms with van der Waals surface area (Å²) >= 11 is 6.26. The molecule has 0 saturated heterocycles. The summed E-state index contributed by atoms with van der Waals surface area (Å²) in [4.78, 5) is 7.01. The van der Waals surface area contributed by atoms with Gasteiger partial charge in [0.25, 0.3) is 0 Å². The van der Waals surface area contributed by atoms with E-state index in [9.17, 15) is 0 Å². The fourth-order valence-electron chi connectivity index (χ4n) is 3.05. The summed E-state index contributed by atoms with van der Waals surface area (Å²) in [5.74, 6) is 2.37. The first-order valence-electron chi connectivity index (χ1n) is 8.35. The topological polar surface area (TPSA) is 38.5 Å². The number of oxazole rings is 1. The Morgan fingerprint density at radius 1 is 1.12 bits per heavy atom. The maximum absolute atomic E-state index is 6.26. The van der Waals surface area contributed by atoms with Crippen LogP contribution in [0.1, 0.15) is 17.0 Å². The van der Waals surface area contributed by atoms with Gasteiger partial charge < -0.3 is 9.15 Å². The first-order chi connectivity index (χ1) is 12.2. The largest absolute Gasteiger partial charge is 0.492 e. The molecule has 3 aromatic rings. The molecule has 1 aliphatic heterocycles. The molecule has 0 atom stereocenters. The molecule has 0 saturated carbocycles. The van der Waals surface area contributed by atoms with Gasteiger partial charge in [-0.25, -0.2) is 4.98 Å². The Morgan fingerprint density at radius 3 is 2.80 bits per heavy atom. The predicted molar refractivity (Wildman–Crippen MR) is 97.7 cm³/mol. The zero-order valence-electron chi connectivity index (χ0n) is 14.0. The summed E-state index contributed by atoms with van der Waals surface area (Å²) in [6.45, 7) is 5.03. The van der Waals surface area contributed by atoms with Gasteiger partial charge in [0.1, 0.15) is 18.1 Å². The molecule has 0 N–H and O–H groups in total. The zero-order valence-corrected chi connectivity index (χ0v) is 14.8. The van der Waals surface area contributed by atoms with Gasteiger partial charge in [0.15, 0.2) is 0 Å². The van der Waals surface area contributed by atoms with Crippen LogP contribution in [0.3, 0.4) is 0 Å². The Kier molecular flexibility index (Phi) is 4.47. The molecule has 0 amide bonds. The summed E-state index contributed by atoms with van der Waals surface area (Å²) < 4.78 is 11.7. The summed E-state index contributed by atoms with van der Waals surface area (Å²) in [7, 11) is 0. The van der Waals surface area contributed by atoms with Crippen molar-refractivity contribution in [2.24, 2.45) is 0 Å². The molecule has 2 aromatic carbocycles. The van der Waals surface area contributed by atoms with E-state index in [-0.39, 0.29) is 0 Å². The molecule has 0 aliphatic carbocycles. The van der Waals surface area contributed by atoms with Crippen LogP contribution in [0.5, 0.6) is 5.75 Å². The lowest BCUT2D eigenvalue weighted by Gasteiger charge is -2.17. The van der Waals surface area contributed by atoms with Crippen LogP contribution in [-0.2, 0) is 13.1 Å². The minimum atomic E-state index is 0.574. The number of nitrogens with zero attached hydrogens (tertiary/aromatic N) is 2. The average Bonchev–Trinajstić information content (AvgIpc) is 2.85. The molecule has 0 fully saturated rings. The summed E-state index contributed by atoms with van der Waals surface area (Å²) in [5, 5.41) is 0.646. The molecule has 4 nitrogen and oxygen atoms in total. The Hall–Kier alpha value is -2.30. The van der Waals surface area contributed by atoms with Crippen LogP contribution in [0.2, 0.25) is 5.02 Å².